The monoisotopic (exact) mass is 284 g/mol. The number of rotatable bonds is 11. The van der Waals surface area contributed by atoms with Crippen molar-refractivity contribution in [1.82, 2.24) is 0 Å². The number of unbranched alkanes of at least 4 members (excludes halogenated alkanes) is 7. The van der Waals surface area contributed by atoms with Crippen molar-refractivity contribution in [2.24, 2.45) is 0 Å². The molecule has 3 nitrogen and oxygen atoms in total. The minimum Gasteiger partial charge on any atom is -0.390 e. The molecule has 2 saturated heterocycles. The topological polar surface area (TPSA) is 42.0 Å². The van der Waals surface area contributed by atoms with Gasteiger partial charge in [-0.2, -0.15) is 0 Å². The summed E-state index contributed by atoms with van der Waals surface area (Å²) in [6.45, 7) is 3.11. The SMILES string of the molecule is CCCCCCCCCC[C@H](O)[C@H]1CC[C@@H]([C@@H]2CO2)O1. The van der Waals surface area contributed by atoms with Gasteiger partial charge in [0.15, 0.2) is 0 Å². The summed E-state index contributed by atoms with van der Waals surface area (Å²) in [6.07, 6.45) is 13.9. The van der Waals surface area contributed by atoms with Gasteiger partial charge in [0.1, 0.15) is 6.10 Å². The Labute approximate surface area is 124 Å². The van der Waals surface area contributed by atoms with Gasteiger partial charge in [0.25, 0.3) is 0 Å². The summed E-state index contributed by atoms with van der Waals surface area (Å²) in [6, 6.07) is 0. The smallest absolute Gasteiger partial charge is 0.107 e. The van der Waals surface area contributed by atoms with E-state index in [9.17, 15) is 5.11 Å². The summed E-state index contributed by atoms with van der Waals surface area (Å²) in [4.78, 5) is 0. The Bertz CT molecular complexity index is 253. The van der Waals surface area contributed by atoms with E-state index in [0.29, 0.717) is 6.10 Å². The largest absolute Gasteiger partial charge is 0.390 e. The molecule has 2 aliphatic rings. The van der Waals surface area contributed by atoms with E-state index in [1.807, 2.05) is 0 Å². The lowest BCUT2D eigenvalue weighted by Gasteiger charge is -2.18. The molecule has 0 amide bonds. The Morgan fingerprint density at radius 3 is 2.25 bits per heavy atom. The standard InChI is InChI=1S/C17H32O3/c1-2-3-4-5-6-7-8-9-10-14(18)15-11-12-16(20-15)17-13-19-17/h14-18H,2-13H2,1H3/t14-,15+,16-,17-/m0/s1. The first-order valence-corrected chi connectivity index (χ1v) is 8.76. The molecule has 3 heteroatoms. The maximum atomic E-state index is 10.2. The molecule has 0 aliphatic carbocycles. The number of hydrogen-bond acceptors (Lipinski definition) is 3. The predicted octanol–water partition coefficient (Wildman–Crippen LogP) is 3.82. The number of aliphatic hydroxyl groups is 1. The quantitative estimate of drug-likeness (QED) is 0.463. The van der Waals surface area contributed by atoms with Crippen LogP contribution in [0.5, 0.6) is 0 Å². The van der Waals surface area contributed by atoms with Crippen molar-refractivity contribution >= 4 is 0 Å². The van der Waals surface area contributed by atoms with Gasteiger partial charge in [-0.1, -0.05) is 58.3 Å². The molecule has 0 spiro atoms. The van der Waals surface area contributed by atoms with E-state index >= 15 is 0 Å². The van der Waals surface area contributed by atoms with Crippen molar-refractivity contribution in [3.8, 4) is 0 Å². The van der Waals surface area contributed by atoms with E-state index in [0.717, 1.165) is 32.3 Å². The molecule has 118 valence electrons. The number of ether oxygens (including phenoxy) is 2. The van der Waals surface area contributed by atoms with Gasteiger partial charge < -0.3 is 14.6 Å². The maximum Gasteiger partial charge on any atom is 0.107 e. The van der Waals surface area contributed by atoms with Crippen LogP contribution in [0.2, 0.25) is 0 Å². The lowest BCUT2D eigenvalue weighted by Crippen LogP contribution is -2.27. The summed E-state index contributed by atoms with van der Waals surface area (Å²) >= 11 is 0. The third kappa shape index (κ3) is 5.71. The zero-order valence-electron chi connectivity index (χ0n) is 13.1. The minimum absolute atomic E-state index is 0.0637. The highest BCUT2D eigenvalue weighted by molar-refractivity contribution is 4.88. The van der Waals surface area contributed by atoms with E-state index in [-0.39, 0.29) is 18.3 Å². The molecule has 0 bridgehead atoms. The van der Waals surface area contributed by atoms with Crippen LogP contribution in [-0.2, 0) is 9.47 Å². The Balaban J connectivity index is 1.43. The molecule has 0 saturated carbocycles. The highest BCUT2D eigenvalue weighted by Gasteiger charge is 2.40. The van der Waals surface area contributed by atoms with E-state index < -0.39 is 0 Å². The fourth-order valence-corrected chi connectivity index (χ4v) is 3.19. The molecular weight excluding hydrogens is 252 g/mol. The lowest BCUT2D eigenvalue weighted by atomic mass is 10.0. The molecule has 0 aromatic carbocycles. The van der Waals surface area contributed by atoms with E-state index in [2.05, 4.69) is 6.92 Å². The Morgan fingerprint density at radius 2 is 1.60 bits per heavy atom. The van der Waals surface area contributed by atoms with Gasteiger partial charge >= 0.3 is 0 Å². The van der Waals surface area contributed by atoms with Crippen molar-refractivity contribution in [2.75, 3.05) is 6.61 Å². The van der Waals surface area contributed by atoms with Crippen LogP contribution in [0.25, 0.3) is 0 Å². The van der Waals surface area contributed by atoms with E-state index in [1.165, 1.54) is 44.9 Å². The van der Waals surface area contributed by atoms with E-state index in [1.54, 1.807) is 0 Å². The molecule has 0 aromatic heterocycles. The molecule has 1 N–H and O–H groups in total. The molecular formula is C17H32O3. The summed E-state index contributed by atoms with van der Waals surface area (Å²) in [7, 11) is 0. The van der Waals surface area contributed by atoms with Crippen molar-refractivity contribution in [1.29, 1.82) is 0 Å². The van der Waals surface area contributed by atoms with Gasteiger partial charge in [-0.25, -0.2) is 0 Å². The Kier molecular flexibility index (Phi) is 7.32. The van der Waals surface area contributed by atoms with Crippen molar-refractivity contribution < 1.29 is 14.6 Å². The Morgan fingerprint density at radius 1 is 0.950 bits per heavy atom. The van der Waals surface area contributed by atoms with Crippen LogP contribution in [0.4, 0.5) is 0 Å². The predicted molar refractivity (Wildman–Crippen MR) is 80.9 cm³/mol. The van der Waals surface area contributed by atoms with Crippen LogP contribution in [0.15, 0.2) is 0 Å². The fraction of sp³-hybridized carbons (Fsp3) is 1.00. The Hall–Kier alpha value is -0.120. The lowest BCUT2D eigenvalue weighted by molar-refractivity contribution is -0.0443. The number of aliphatic hydroxyl groups excluding tert-OH is 1. The van der Waals surface area contributed by atoms with Gasteiger partial charge in [0.2, 0.25) is 0 Å². The number of epoxide rings is 1. The second-order valence-electron chi connectivity index (χ2n) is 6.49. The summed E-state index contributed by atoms with van der Waals surface area (Å²) < 4.78 is 11.2. The molecule has 0 unspecified atom stereocenters. The highest BCUT2D eigenvalue weighted by Crippen LogP contribution is 2.31. The second kappa shape index (κ2) is 9.01. The van der Waals surface area contributed by atoms with Gasteiger partial charge in [0.05, 0.1) is 24.9 Å². The fourth-order valence-electron chi connectivity index (χ4n) is 3.19. The first kappa shape index (κ1) is 16.3. The molecule has 2 fully saturated rings. The number of hydrogen-bond donors (Lipinski definition) is 1. The van der Waals surface area contributed by atoms with Crippen LogP contribution in [0.3, 0.4) is 0 Å². The van der Waals surface area contributed by atoms with Gasteiger partial charge in [-0.3, -0.25) is 0 Å². The summed E-state index contributed by atoms with van der Waals surface area (Å²) in [5.41, 5.74) is 0. The average molecular weight is 284 g/mol. The third-order valence-corrected chi connectivity index (χ3v) is 4.64. The zero-order valence-corrected chi connectivity index (χ0v) is 13.1. The van der Waals surface area contributed by atoms with Gasteiger partial charge in [-0.15, -0.1) is 0 Å². The van der Waals surface area contributed by atoms with Crippen molar-refractivity contribution in [3.63, 3.8) is 0 Å². The van der Waals surface area contributed by atoms with Gasteiger partial charge in [-0.05, 0) is 19.3 Å². The normalized spacial score (nSPS) is 30.6. The van der Waals surface area contributed by atoms with Crippen LogP contribution < -0.4 is 0 Å². The summed E-state index contributed by atoms with van der Waals surface area (Å²) in [5.74, 6) is 0. The third-order valence-electron chi connectivity index (χ3n) is 4.64. The zero-order chi connectivity index (χ0) is 14.2. The molecule has 2 aliphatic heterocycles. The van der Waals surface area contributed by atoms with Crippen LogP contribution in [0.1, 0.15) is 77.6 Å². The highest BCUT2D eigenvalue weighted by atomic mass is 16.6. The molecule has 2 rings (SSSR count). The molecule has 0 radical (unpaired) electrons. The van der Waals surface area contributed by atoms with Crippen LogP contribution in [0, 0.1) is 0 Å². The second-order valence-corrected chi connectivity index (χ2v) is 6.49. The molecule has 0 aromatic rings. The van der Waals surface area contributed by atoms with Gasteiger partial charge in [0, 0.05) is 0 Å². The maximum absolute atomic E-state index is 10.2. The van der Waals surface area contributed by atoms with Crippen molar-refractivity contribution in [2.45, 2.75) is 102 Å². The minimum atomic E-state index is -0.265. The summed E-state index contributed by atoms with van der Waals surface area (Å²) in [5, 5.41) is 10.2. The van der Waals surface area contributed by atoms with E-state index in [4.69, 9.17) is 9.47 Å². The first-order chi connectivity index (χ1) is 9.81. The molecule has 20 heavy (non-hydrogen) atoms. The average Bonchev–Trinajstić information content (AvgIpc) is 3.19. The molecule has 4 atom stereocenters. The molecule has 2 heterocycles. The van der Waals surface area contributed by atoms with Crippen LogP contribution >= 0.6 is 0 Å². The first-order valence-electron chi connectivity index (χ1n) is 8.76. The van der Waals surface area contributed by atoms with Crippen LogP contribution in [-0.4, -0.2) is 36.1 Å². The van der Waals surface area contributed by atoms with Crippen molar-refractivity contribution in [3.05, 3.63) is 0 Å².